The van der Waals surface area contributed by atoms with E-state index in [4.69, 9.17) is 10.00 Å². The zero-order valence-corrected chi connectivity index (χ0v) is 17.3. The Morgan fingerprint density at radius 3 is 2.43 bits per heavy atom. The van der Waals surface area contributed by atoms with E-state index in [2.05, 4.69) is 0 Å². The largest absolute Gasteiger partial charge is 0.444 e. The van der Waals surface area contributed by atoms with E-state index in [-0.39, 0.29) is 11.4 Å². The van der Waals surface area contributed by atoms with Crippen LogP contribution in [-0.4, -0.2) is 54.4 Å². The summed E-state index contributed by atoms with van der Waals surface area (Å²) >= 11 is 0. The molecular weight excluding hydrogens is 382 g/mol. The van der Waals surface area contributed by atoms with E-state index in [0.717, 1.165) is 5.56 Å². The quantitative estimate of drug-likeness (QED) is 0.710. The third-order valence-corrected chi connectivity index (χ3v) is 5.99. The molecule has 1 saturated heterocycles. The van der Waals surface area contributed by atoms with Crippen molar-refractivity contribution in [3.05, 3.63) is 29.8 Å². The minimum atomic E-state index is -4.22. The predicted octanol–water partition coefficient (Wildman–Crippen LogP) is 2.44. The number of hydrogen-bond acceptors (Lipinski definition) is 6. The van der Waals surface area contributed by atoms with Crippen molar-refractivity contribution in [1.82, 2.24) is 9.21 Å². The monoisotopic (exact) mass is 407 g/mol. The number of sulfonamides is 1. The maximum Gasteiger partial charge on any atom is 0.410 e. The normalized spacial score (nSPS) is 17.1. The van der Waals surface area contributed by atoms with Crippen molar-refractivity contribution in [1.29, 1.82) is 5.26 Å². The van der Waals surface area contributed by atoms with Crippen molar-refractivity contribution >= 4 is 22.0 Å². The van der Waals surface area contributed by atoms with E-state index < -0.39 is 40.2 Å². The third-order valence-electron chi connectivity index (χ3n) is 4.23. The summed E-state index contributed by atoms with van der Waals surface area (Å²) < 4.78 is 31.8. The summed E-state index contributed by atoms with van der Waals surface area (Å²) in [6, 6.07) is 6.76. The highest BCUT2D eigenvalue weighted by Gasteiger charge is 2.42. The van der Waals surface area contributed by atoms with Gasteiger partial charge in [-0.05, 0) is 52.7 Å². The molecular formula is C19H25N3O5S. The molecule has 0 spiro atoms. The Morgan fingerprint density at radius 1 is 1.29 bits per heavy atom. The highest BCUT2D eigenvalue weighted by molar-refractivity contribution is 7.89. The molecule has 8 nitrogen and oxygen atoms in total. The molecule has 1 aliphatic rings. The molecule has 1 aromatic rings. The summed E-state index contributed by atoms with van der Waals surface area (Å²) in [6.45, 7) is 6.60. The molecule has 0 aromatic heterocycles. The lowest BCUT2D eigenvalue weighted by atomic mass is 10.2. The maximum atomic E-state index is 13.0. The number of aryl methyl sites for hydroxylation is 1. The SMILES string of the molecule is Cc1ccc(S(=O)(=O)N(CC#N)C(=O)[C@@H]2CCCN2C(=O)OC(C)(C)C)cc1. The predicted molar refractivity (Wildman–Crippen MR) is 102 cm³/mol. The first-order valence-electron chi connectivity index (χ1n) is 8.97. The van der Waals surface area contributed by atoms with E-state index in [9.17, 15) is 18.0 Å². The minimum Gasteiger partial charge on any atom is -0.444 e. The number of rotatable bonds is 4. The molecule has 28 heavy (non-hydrogen) atoms. The van der Waals surface area contributed by atoms with Crippen molar-refractivity contribution in [2.45, 2.75) is 57.1 Å². The topological polar surface area (TPSA) is 108 Å². The van der Waals surface area contributed by atoms with Crippen LogP contribution in [0.2, 0.25) is 0 Å². The van der Waals surface area contributed by atoms with Gasteiger partial charge in [-0.25, -0.2) is 17.5 Å². The molecule has 1 aliphatic heterocycles. The van der Waals surface area contributed by atoms with Gasteiger partial charge < -0.3 is 4.74 Å². The lowest BCUT2D eigenvalue weighted by molar-refractivity contribution is -0.130. The van der Waals surface area contributed by atoms with Gasteiger partial charge >= 0.3 is 6.09 Å². The number of nitriles is 1. The standard InChI is InChI=1S/C19H25N3O5S/c1-14-7-9-15(10-8-14)28(25,26)22(13-11-20)17(23)16-6-5-12-21(16)18(24)27-19(2,3)4/h7-10,16H,5-6,12-13H2,1-4H3/t16-/m0/s1. The third kappa shape index (κ3) is 4.81. The molecule has 1 aromatic carbocycles. The van der Waals surface area contributed by atoms with Gasteiger partial charge in [0.25, 0.3) is 15.9 Å². The van der Waals surface area contributed by atoms with Crippen molar-refractivity contribution in [2.75, 3.05) is 13.1 Å². The number of carbonyl (C=O) groups is 2. The number of benzene rings is 1. The van der Waals surface area contributed by atoms with Gasteiger partial charge in [-0.3, -0.25) is 9.69 Å². The Balaban J connectivity index is 2.32. The molecule has 0 saturated carbocycles. The van der Waals surface area contributed by atoms with Gasteiger partial charge in [0.1, 0.15) is 18.2 Å². The smallest absolute Gasteiger partial charge is 0.410 e. The number of carbonyl (C=O) groups excluding carboxylic acids is 2. The van der Waals surface area contributed by atoms with Gasteiger partial charge in [0, 0.05) is 6.54 Å². The molecule has 2 amide bonds. The molecule has 0 radical (unpaired) electrons. The minimum absolute atomic E-state index is 0.0801. The van der Waals surface area contributed by atoms with Crippen LogP contribution in [-0.2, 0) is 19.6 Å². The van der Waals surface area contributed by atoms with E-state index >= 15 is 0 Å². The summed E-state index contributed by atoms with van der Waals surface area (Å²) in [7, 11) is -4.22. The van der Waals surface area contributed by atoms with Crippen LogP contribution in [0.1, 0.15) is 39.2 Å². The summed E-state index contributed by atoms with van der Waals surface area (Å²) in [4.78, 5) is 26.6. The van der Waals surface area contributed by atoms with Crippen LogP contribution >= 0.6 is 0 Å². The second-order valence-electron chi connectivity index (χ2n) is 7.65. The van der Waals surface area contributed by atoms with Crippen molar-refractivity contribution in [3.8, 4) is 6.07 Å². The molecule has 0 aliphatic carbocycles. The van der Waals surface area contributed by atoms with Gasteiger partial charge in [-0.1, -0.05) is 17.7 Å². The number of hydrogen-bond donors (Lipinski definition) is 0. The number of nitrogens with zero attached hydrogens (tertiary/aromatic N) is 3. The molecule has 1 fully saturated rings. The van der Waals surface area contributed by atoms with Gasteiger partial charge in [0.05, 0.1) is 11.0 Å². The van der Waals surface area contributed by atoms with E-state index in [1.165, 1.54) is 17.0 Å². The van der Waals surface area contributed by atoms with Gasteiger partial charge in [-0.15, -0.1) is 0 Å². The van der Waals surface area contributed by atoms with E-state index in [1.54, 1.807) is 39.0 Å². The molecule has 0 bridgehead atoms. The molecule has 1 heterocycles. The van der Waals surface area contributed by atoms with Crippen LogP contribution in [0.5, 0.6) is 0 Å². The molecule has 152 valence electrons. The Hall–Kier alpha value is -2.60. The van der Waals surface area contributed by atoms with Gasteiger partial charge in [0.15, 0.2) is 0 Å². The zero-order valence-electron chi connectivity index (χ0n) is 16.5. The Kier molecular flexibility index (Phi) is 6.34. The number of likely N-dealkylation sites (tertiary alicyclic amines) is 1. The average Bonchev–Trinajstić information content (AvgIpc) is 3.08. The number of amides is 2. The fourth-order valence-electron chi connectivity index (χ4n) is 2.91. The average molecular weight is 407 g/mol. The Bertz CT molecular complexity index is 882. The van der Waals surface area contributed by atoms with E-state index in [0.29, 0.717) is 17.1 Å². The Labute approximate surface area is 165 Å². The van der Waals surface area contributed by atoms with Gasteiger partial charge in [0.2, 0.25) is 0 Å². The van der Waals surface area contributed by atoms with Crippen molar-refractivity contribution < 1.29 is 22.7 Å². The fourth-order valence-corrected chi connectivity index (χ4v) is 4.23. The Morgan fingerprint density at radius 2 is 1.89 bits per heavy atom. The van der Waals surface area contributed by atoms with Crippen molar-refractivity contribution in [3.63, 3.8) is 0 Å². The lowest BCUT2D eigenvalue weighted by Gasteiger charge is -2.30. The van der Waals surface area contributed by atoms with Gasteiger partial charge in [-0.2, -0.15) is 5.26 Å². The van der Waals surface area contributed by atoms with Crippen LogP contribution in [0.15, 0.2) is 29.2 Å². The molecule has 2 rings (SSSR count). The highest BCUT2D eigenvalue weighted by atomic mass is 32.2. The second-order valence-corrected chi connectivity index (χ2v) is 9.52. The molecule has 0 N–H and O–H groups in total. The second kappa shape index (κ2) is 8.19. The van der Waals surface area contributed by atoms with Crippen LogP contribution in [0.3, 0.4) is 0 Å². The van der Waals surface area contributed by atoms with Crippen molar-refractivity contribution in [2.24, 2.45) is 0 Å². The first-order chi connectivity index (χ1) is 13.0. The summed E-state index contributed by atoms with van der Waals surface area (Å²) in [6.07, 6.45) is 0.178. The fraction of sp³-hybridized carbons (Fsp3) is 0.526. The molecule has 0 unspecified atom stereocenters. The molecule has 9 heteroatoms. The first-order valence-corrected chi connectivity index (χ1v) is 10.4. The maximum absolute atomic E-state index is 13.0. The highest BCUT2D eigenvalue weighted by Crippen LogP contribution is 2.25. The molecule has 1 atom stereocenters. The number of ether oxygens (including phenoxy) is 1. The summed E-state index contributed by atoms with van der Waals surface area (Å²) in [5.41, 5.74) is 0.122. The van der Waals surface area contributed by atoms with E-state index in [1.807, 2.05) is 6.92 Å². The van der Waals surface area contributed by atoms with Crippen LogP contribution in [0.25, 0.3) is 0 Å². The summed E-state index contributed by atoms with van der Waals surface area (Å²) in [5.74, 6) is -0.800. The van der Waals surface area contributed by atoms with Crippen LogP contribution < -0.4 is 0 Å². The van der Waals surface area contributed by atoms with Crippen LogP contribution in [0.4, 0.5) is 4.79 Å². The lowest BCUT2D eigenvalue weighted by Crippen LogP contribution is -2.50. The summed E-state index contributed by atoms with van der Waals surface area (Å²) in [5, 5.41) is 9.10. The zero-order chi connectivity index (χ0) is 21.1. The van der Waals surface area contributed by atoms with Crippen LogP contribution in [0, 0.1) is 18.3 Å². The first kappa shape index (κ1) is 21.7.